The molecule has 9 nitrogen and oxygen atoms in total. The molecule has 0 unspecified atom stereocenters. The van der Waals surface area contributed by atoms with Crippen LogP contribution < -0.4 is 20.4 Å². The number of aromatic nitrogens is 1. The van der Waals surface area contributed by atoms with Crippen LogP contribution in [0.4, 0.5) is 24.5 Å². The van der Waals surface area contributed by atoms with Gasteiger partial charge >= 0.3 is 6.18 Å². The summed E-state index contributed by atoms with van der Waals surface area (Å²) in [5.41, 5.74) is 0.177. The van der Waals surface area contributed by atoms with Crippen LogP contribution in [0.25, 0.3) is 10.9 Å². The highest BCUT2D eigenvalue weighted by atomic mass is 19.4. The molecule has 1 aliphatic rings. The van der Waals surface area contributed by atoms with Crippen molar-refractivity contribution in [3.8, 4) is 5.75 Å². The highest BCUT2D eigenvalue weighted by Gasteiger charge is 2.31. The van der Waals surface area contributed by atoms with Crippen molar-refractivity contribution in [1.29, 1.82) is 0 Å². The van der Waals surface area contributed by atoms with Crippen LogP contribution in [0.5, 0.6) is 5.75 Å². The van der Waals surface area contributed by atoms with Crippen molar-refractivity contribution in [2.75, 3.05) is 56.7 Å². The van der Waals surface area contributed by atoms with E-state index in [9.17, 15) is 27.6 Å². The highest BCUT2D eigenvalue weighted by Crippen LogP contribution is 2.31. The van der Waals surface area contributed by atoms with Gasteiger partial charge in [-0.2, -0.15) is 13.2 Å². The Morgan fingerprint density at radius 2 is 1.64 bits per heavy atom. The SMILES string of the molecule is COCCOc1ccc(N2CCN(C(=O)Cn3cc(C(=O)Nc4ccccc4C)c(=O)c4ccc(C(F)(F)F)cc43)CC2)cc1. The van der Waals surface area contributed by atoms with E-state index in [1.54, 1.807) is 43.2 Å². The first-order valence-electron chi connectivity index (χ1n) is 14.4. The van der Waals surface area contributed by atoms with E-state index in [4.69, 9.17) is 9.47 Å². The van der Waals surface area contributed by atoms with E-state index in [-0.39, 0.29) is 28.9 Å². The zero-order valence-corrected chi connectivity index (χ0v) is 24.9. The maximum absolute atomic E-state index is 13.6. The number of pyridine rings is 1. The minimum Gasteiger partial charge on any atom is -0.491 e. The number of amides is 2. The van der Waals surface area contributed by atoms with Gasteiger partial charge in [0.25, 0.3) is 5.91 Å². The van der Waals surface area contributed by atoms with Crippen molar-refractivity contribution in [2.45, 2.75) is 19.6 Å². The van der Waals surface area contributed by atoms with Gasteiger partial charge in [-0.15, -0.1) is 0 Å². The largest absolute Gasteiger partial charge is 0.491 e. The third-order valence-corrected chi connectivity index (χ3v) is 7.74. The maximum atomic E-state index is 13.6. The molecule has 1 aromatic heterocycles. The van der Waals surface area contributed by atoms with Gasteiger partial charge in [0.2, 0.25) is 11.3 Å². The van der Waals surface area contributed by atoms with Gasteiger partial charge in [-0.05, 0) is 61.0 Å². The van der Waals surface area contributed by atoms with Gasteiger partial charge in [0, 0.05) is 56.2 Å². The van der Waals surface area contributed by atoms with E-state index in [2.05, 4.69) is 10.2 Å². The van der Waals surface area contributed by atoms with Crippen molar-refractivity contribution >= 4 is 34.1 Å². The molecule has 236 valence electrons. The first kappa shape index (κ1) is 31.6. The molecule has 1 saturated heterocycles. The Kier molecular flexibility index (Phi) is 9.43. The first-order valence-corrected chi connectivity index (χ1v) is 14.4. The molecule has 0 atom stereocenters. The lowest BCUT2D eigenvalue weighted by Gasteiger charge is -2.36. The standard InChI is InChI=1S/C33H33F3N4O5/c1-22-5-3-4-6-28(22)37-32(43)27-20-40(29-19-23(33(34,35)36)7-12-26(29)31(27)42)21-30(41)39-15-13-38(14-16-39)24-8-10-25(11-9-24)45-18-17-44-2/h3-12,19-20H,13-18,21H2,1-2H3,(H,37,43). The number of aryl methyl sites for hydroxylation is 1. The van der Waals surface area contributed by atoms with Gasteiger partial charge in [0.05, 0.1) is 17.7 Å². The second-order valence-corrected chi connectivity index (χ2v) is 10.7. The van der Waals surface area contributed by atoms with E-state index in [0.717, 1.165) is 35.2 Å². The Hall–Kier alpha value is -4.84. The van der Waals surface area contributed by atoms with Crippen molar-refractivity contribution in [3.63, 3.8) is 0 Å². The predicted octanol–water partition coefficient (Wildman–Crippen LogP) is 4.96. The van der Waals surface area contributed by atoms with Gasteiger partial charge in [-0.1, -0.05) is 18.2 Å². The number of alkyl halides is 3. The number of halogens is 3. The van der Waals surface area contributed by atoms with Gasteiger partial charge < -0.3 is 29.2 Å². The second kappa shape index (κ2) is 13.4. The number of carbonyl (C=O) groups excluding carboxylic acids is 2. The maximum Gasteiger partial charge on any atom is 0.416 e. The number of hydrogen-bond donors (Lipinski definition) is 1. The van der Waals surface area contributed by atoms with Gasteiger partial charge in [-0.3, -0.25) is 14.4 Å². The molecule has 0 saturated carbocycles. The number of fused-ring (bicyclic) bond motifs is 1. The molecule has 2 amide bonds. The summed E-state index contributed by atoms with van der Waals surface area (Å²) in [6.45, 7) is 4.23. The second-order valence-electron chi connectivity index (χ2n) is 10.7. The molecule has 12 heteroatoms. The van der Waals surface area contributed by atoms with Crippen LogP contribution in [0.15, 0.2) is 77.7 Å². The molecule has 1 aliphatic heterocycles. The zero-order valence-electron chi connectivity index (χ0n) is 24.9. The van der Waals surface area contributed by atoms with E-state index in [1.165, 1.54) is 10.8 Å². The summed E-state index contributed by atoms with van der Waals surface area (Å²) in [5, 5.41) is 2.61. The summed E-state index contributed by atoms with van der Waals surface area (Å²) in [4.78, 5) is 43.8. The van der Waals surface area contributed by atoms with Crippen molar-refractivity contribution in [3.05, 3.63) is 99.8 Å². The van der Waals surface area contributed by atoms with Crippen LogP contribution in [0.2, 0.25) is 0 Å². The lowest BCUT2D eigenvalue weighted by atomic mass is 10.1. The number of methoxy groups -OCH3 is 1. The molecular weight excluding hydrogens is 589 g/mol. The van der Waals surface area contributed by atoms with E-state index >= 15 is 0 Å². The molecule has 1 N–H and O–H groups in total. The number of nitrogens with one attached hydrogen (secondary N) is 1. The lowest BCUT2D eigenvalue weighted by Crippen LogP contribution is -2.49. The van der Waals surface area contributed by atoms with Crippen LogP contribution in [0.1, 0.15) is 21.5 Å². The smallest absolute Gasteiger partial charge is 0.416 e. The number of para-hydroxylation sites is 1. The average molecular weight is 623 g/mol. The molecule has 0 aliphatic carbocycles. The summed E-state index contributed by atoms with van der Waals surface area (Å²) in [6.07, 6.45) is -3.49. The number of nitrogens with zero attached hydrogens (tertiary/aromatic N) is 3. The number of rotatable bonds is 9. The Morgan fingerprint density at radius 3 is 2.31 bits per heavy atom. The average Bonchev–Trinajstić information content (AvgIpc) is 3.03. The predicted molar refractivity (Wildman–Crippen MR) is 165 cm³/mol. The first-order chi connectivity index (χ1) is 21.5. The van der Waals surface area contributed by atoms with E-state index < -0.39 is 23.1 Å². The molecule has 0 radical (unpaired) electrons. The fraction of sp³-hybridized carbons (Fsp3) is 0.303. The van der Waals surface area contributed by atoms with Crippen molar-refractivity contribution in [1.82, 2.24) is 9.47 Å². The monoisotopic (exact) mass is 622 g/mol. The van der Waals surface area contributed by atoms with E-state index in [0.29, 0.717) is 45.1 Å². The molecule has 2 heterocycles. The molecule has 4 aromatic rings. The summed E-state index contributed by atoms with van der Waals surface area (Å²) in [5.74, 6) is -0.344. The Morgan fingerprint density at radius 1 is 0.933 bits per heavy atom. The summed E-state index contributed by atoms with van der Waals surface area (Å²) in [6, 6.07) is 17.3. The molecule has 45 heavy (non-hydrogen) atoms. The third-order valence-electron chi connectivity index (χ3n) is 7.74. The topological polar surface area (TPSA) is 93.1 Å². The number of hydrogen-bond acceptors (Lipinski definition) is 6. The summed E-state index contributed by atoms with van der Waals surface area (Å²) < 4.78 is 52.7. The van der Waals surface area contributed by atoms with Crippen molar-refractivity contribution < 1.29 is 32.2 Å². The number of ether oxygens (including phenoxy) is 2. The Balaban J connectivity index is 1.36. The number of carbonyl (C=O) groups is 2. The molecule has 1 fully saturated rings. The zero-order chi connectivity index (χ0) is 32.1. The molecular formula is C33H33F3N4O5. The van der Waals surface area contributed by atoms with Crippen molar-refractivity contribution in [2.24, 2.45) is 0 Å². The fourth-order valence-electron chi connectivity index (χ4n) is 5.22. The summed E-state index contributed by atoms with van der Waals surface area (Å²) >= 11 is 0. The number of anilines is 2. The van der Waals surface area contributed by atoms with Crippen LogP contribution in [-0.2, 0) is 22.3 Å². The highest BCUT2D eigenvalue weighted by molar-refractivity contribution is 6.06. The van der Waals surface area contributed by atoms with E-state index in [1.807, 2.05) is 24.3 Å². The lowest BCUT2D eigenvalue weighted by molar-refractivity contribution is -0.137. The van der Waals surface area contributed by atoms with Crippen LogP contribution in [-0.4, -0.2) is 67.8 Å². The Labute approximate surface area is 257 Å². The minimum absolute atomic E-state index is 0.0814. The number of benzene rings is 3. The molecule has 0 bridgehead atoms. The normalized spacial score (nSPS) is 13.6. The fourth-order valence-corrected chi connectivity index (χ4v) is 5.22. The van der Waals surface area contributed by atoms with Gasteiger partial charge in [0.15, 0.2) is 0 Å². The summed E-state index contributed by atoms with van der Waals surface area (Å²) in [7, 11) is 1.60. The molecule has 3 aromatic carbocycles. The van der Waals surface area contributed by atoms with Gasteiger partial charge in [-0.25, -0.2) is 0 Å². The minimum atomic E-state index is -4.66. The molecule has 0 spiro atoms. The quantitative estimate of drug-likeness (QED) is 0.266. The number of piperazine rings is 1. The van der Waals surface area contributed by atoms with Crippen LogP contribution in [0.3, 0.4) is 0 Å². The Bertz CT molecular complexity index is 1750. The molecule has 5 rings (SSSR count). The van der Waals surface area contributed by atoms with Crippen LogP contribution in [0, 0.1) is 6.92 Å². The van der Waals surface area contributed by atoms with Crippen LogP contribution >= 0.6 is 0 Å². The van der Waals surface area contributed by atoms with Gasteiger partial charge in [0.1, 0.15) is 24.5 Å². The third kappa shape index (κ3) is 7.28.